The molecular weight excluding hydrogens is 893 g/mol. The summed E-state index contributed by atoms with van der Waals surface area (Å²) < 4.78 is 72.9. The quantitative estimate of drug-likeness (QED) is 0.0992. The number of ether oxygens (including phenoxy) is 2. The number of amides is 3. The monoisotopic (exact) mass is 958 g/mol. The summed E-state index contributed by atoms with van der Waals surface area (Å²) in [6, 6.07) is 18.4. The van der Waals surface area contributed by atoms with Gasteiger partial charge in [-0.15, -0.1) is 0 Å². The Morgan fingerprint density at radius 2 is 1.65 bits per heavy atom. The van der Waals surface area contributed by atoms with E-state index in [4.69, 9.17) is 9.47 Å². The molecule has 3 saturated heterocycles. The largest absolute Gasteiger partial charge is 0.497 e. The number of carbonyl (C=O) groups is 3. The number of hydrogen-bond acceptors (Lipinski definition) is 8. The van der Waals surface area contributed by atoms with Crippen LogP contribution >= 0.6 is 0 Å². The number of imide groups is 1. The molecule has 4 aliphatic rings. The molecule has 372 valence electrons. The summed E-state index contributed by atoms with van der Waals surface area (Å²) in [7, 11) is 3.17. The minimum atomic E-state index is -4.37. The average molecular weight is 959 g/mol. The minimum Gasteiger partial charge on any atom is -0.497 e. The maximum Gasteiger partial charge on any atom is 0.395 e. The minimum absolute atomic E-state index is 0.0353. The van der Waals surface area contributed by atoms with E-state index in [9.17, 15) is 32.3 Å². The van der Waals surface area contributed by atoms with Crippen molar-refractivity contribution in [2.75, 3.05) is 53.0 Å². The third-order valence-electron chi connectivity index (χ3n) is 15.1. The van der Waals surface area contributed by atoms with Crippen LogP contribution in [0.15, 0.2) is 71.5 Å². The predicted octanol–water partition coefficient (Wildman–Crippen LogP) is 8.30. The van der Waals surface area contributed by atoms with E-state index in [-0.39, 0.29) is 47.7 Å². The van der Waals surface area contributed by atoms with E-state index in [0.717, 1.165) is 51.8 Å². The molecule has 3 fully saturated rings. The smallest absolute Gasteiger partial charge is 0.395 e. The first-order chi connectivity index (χ1) is 32.7. The Bertz CT molecular complexity index is 2630. The van der Waals surface area contributed by atoms with Crippen LogP contribution in [0.5, 0.6) is 5.75 Å². The van der Waals surface area contributed by atoms with Crippen LogP contribution in [0, 0.1) is 17.2 Å². The van der Waals surface area contributed by atoms with E-state index in [1.807, 2.05) is 46.2 Å². The van der Waals surface area contributed by atoms with Crippen LogP contribution in [0.25, 0.3) is 16.6 Å². The number of alkyl halides is 3. The standard InChI is InChI=1S/C53H66F4N6O6/c1-50(2,53(55,56)57)34-61(23-21-52(22-28-69-51(3,4)33-52)40-15-17-41(68-6)18-16-40)31-35-7-9-37(10-8-35)38-11-13-39(14-12-38)48(66)62-26-24-60(25-27-62)32-36-29-42(54)46-44(30-36)59(5)49(67)63(46)43-19-20-45(64)58-47(43)65/h7-11,15-18,29-30,39,43H,12-14,19-28,31-34H2,1-6H3,(H,58,64,65)/t39-,43?,52+/m0/s1. The SMILES string of the molecule is COc1ccc([C@]2(CCN(Cc3ccc(C4=CC[C@H](C(=O)N5CCN(Cc6cc(F)c7c(c6)n(C)c(=O)n7C6CCC(=O)NC6=O)CC5)CC4)cc3)CC(C)(C)C(F)(F)F)CCOC(C)(C)C2)cc1. The summed E-state index contributed by atoms with van der Waals surface area (Å²) in [6.07, 6.45) is 2.21. The lowest BCUT2D eigenvalue weighted by atomic mass is 9.67. The molecule has 0 saturated carbocycles. The number of fused-ring (bicyclic) bond motifs is 1. The number of nitrogens with one attached hydrogen (secondary N) is 1. The van der Waals surface area contributed by atoms with Crippen molar-refractivity contribution < 1.29 is 41.4 Å². The maximum atomic E-state index is 15.8. The molecular formula is C53H66F4N6O6. The third-order valence-corrected chi connectivity index (χ3v) is 15.1. The van der Waals surface area contributed by atoms with Gasteiger partial charge in [-0.2, -0.15) is 13.2 Å². The molecule has 3 atom stereocenters. The highest BCUT2D eigenvalue weighted by Crippen LogP contribution is 2.46. The zero-order valence-electron chi connectivity index (χ0n) is 40.7. The summed E-state index contributed by atoms with van der Waals surface area (Å²) >= 11 is 0. The summed E-state index contributed by atoms with van der Waals surface area (Å²) in [5.41, 5.74) is 2.25. The van der Waals surface area contributed by atoms with Crippen LogP contribution in [0.2, 0.25) is 0 Å². The van der Waals surface area contributed by atoms with Gasteiger partial charge in [0.25, 0.3) is 0 Å². The Morgan fingerprint density at radius 1 is 0.942 bits per heavy atom. The van der Waals surface area contributed by atoms with Gasteiger partial charge in [0.05, 0.1) is 23.6 Å². The van der Waals surface area contributed by atoms with Crippen LogP contribution in [-0.2, 0) is 44.7 Å². The molecule has 16 heteroatoms. The van der Waals surface area contributed by atoms with Gasteiger partial charge in [0.15, 0.2) is 0 Å². The number of carbonyl (C=O) groups excluding carboxylic acids is 3. The van der Waals surface area contributed by atoms with E-state index < -0.39 is 41.0 Å². The highest BCUT2D eigenvalue weighted by molar-refractivity contribution is 6.00. The average Bonchev–Trinajstić information content (AvgIpc) is 3.56. The van der Waals surface area contributed by atoms with Gasteiger partial charge >= 0.3 is 11.9 Å². The lowest BCUT2D eigenvalue weighted by Gasteiger charge is -2.46. The second-order valence-corrected chi connectivity index (χ2v) is 21.0. The number of halogens is 4. The van der Waals surface area contributed by atoms with E-state index >= 15 is 4.39 Å². The Kier molecular flexibility index (Phi) is 14.4. The molecule has 3 aromatic carbocycles. The lowest BCUT2D eigenvalue weighted by Crippen LogP contribution is -2.50. The molecule has 1 unspecified atom stereocenters. The van der Waals surface area contributed by atoms with Crippen LogP contribution in [-0.4, -0.2) is 106 Å². The Morgan fingerprint density at radius 3 is 2.28 bits per heavy atom. The lowest BCUT2D eigenvalue weighted by molar-refractivity contribution is -0.217. The van der Waals surface area contributed by atoms with Crippen LogP contribution in [0.3, 0.4) is 0 Å². The topological polar surface area (TPSA) is 118 Å². The fourth-order valence-electron chi connectivity index (χ4n) is 11.1. The second kappa shape index (κ2) is 19.8. The normalized spacial score (nSPS) is 22.8. The first-order valence-electron chi connectivity index (χ1n) is 24.3. The summed E-state index contributed by atoms with van der Waals surface area (Å²) in [5, 5.41) is 2.25. The van der Waals surface area contributed by atoms with E-state index in [1.54, 1.807) is 20.2 Å². The second-order valence-electron chi connectivity index (χ2n) is 21.0. The maximum absolute atomic E-state index is 15.8. The van der Waals surface area contributed by atoms with Gasteiger partial charge < -0.3 is 14.4 Å². The molecule has 0 spiro atoms. The number of allylic oxidation sites excluding steroid dienone is 2. The van der Waals surface area contributed by atoms with E-state index in [2.05, 4.69) is 42.3 Å². The van der Waals surface area contributed by atoms with Crippen molar-refractivity contribution in [3.05, 3.63) is 105 Å². The third kappa shape index (κ3) is 10.9. The molecule has 3 amide bonds. The summed E-state index contributed by atoms with van der Waals surface area (Å²) in [4.78, 5) is 57.4. The Hall–Kier alpha value is -5.32. The zero-order valence-corrected chi connectivity index (χ0v) is 40.7. The van der Waals surface area contributed by atoms with E-state index in [0.29, 0.717) is 82.8 Å². The number of methoxy groups -OCH3 is 1. The number of hydrogen-bond donors (Lipinski definition) is 1. The molecule has 1 aromatic heterocycles. The predicted molar refractivity (Wildman–Crippen MR) is 256 cm³/mol. The Balaban J connectivity index is 0.872. The van der Waals surface area contributed by atoms with Crippen LogP contribution in [0.4, 0.5) is 17.6 Å². The van der Waals surface area contributed by atoms with Gasteiger partial charge in [-0.1, -0.05) is 42.5 Å². The van der Waals surface area contributed by atoms with Gasteiger partial charge in [0, 0.05) is 77.2 Å². The number of aromatic nitrogens is 2. The fraction of sp³-hybridized carbons (Fsp3) is 0.547. The summed E-state index contributed by atoms with van der Waals surface area (Å²) in [6.45, 7) is 10.7. The number of aryl methyl sites for hydroxylation is 1. The molecule has 1 N–H and O–H groups in total. The van der Waals surface area contributed by atoms with Crippen molar-refractivity contribution in [1.82, 2.24) is 29.2 Å². The van der Waals surface area contributed by atoms with Gasteiger partial charge in [0.1, 0.15) is 23.1 Å². The van der Waals surface area contributed by atoms with Crippen LogP contribution in [0.1, 0.15) is 107 Å². The number of piperidine rings is 1. The van der Waals surface area contributed by atoms with Gasteiger partial charge in [-0.25, -0.2) is 9.18 Å². The molecule has 3 aliphatic heterocycles. The number of rotatable bonds is 14. The van der Waals surface area contributed by atoms with Crippen molar-refractivity contribution in [3.8, 4) is 5.75 Å². The zero-order chi connectivity index (χ0) is 49.5. The highest BCUT2D eigenvalue weighted by atomic mass is 19.4. The number of benzene rings is 3. The summed E-state index contributed by atoms with van der Waals surface area (Å²) in [5.74, 6) is -0.914. The van der Waals surface area contributed by atoms with Gasteiger partial charge in [0.2, 0.25) is 17.7 Å². The molecule has 12 nitrogen and oxygen atoms in total. The molecule has 4 heterocycles. The molecule has 1 aliphatic carbocycles. The van der Waals surface area contributed by atoms with Gasteiger partial charge in [-0.05, 0) is 131 Å². The number of nitrogens with zero attached hydrogens (tertiary/aromatic N) is 5. The number of imidazole rings is 1. The Labute approximate surface area is 401 Å². The van der Waals surface area contributed by atoms with Crippen molar-refractivity contribution in [1.29, 1.82) is 0 Å². The first kappa shape index (κ1) is 50.1. The van der Waals surface area contributed by atoms with Crippen molar-refractivity contribution in [3.63, 3.8) is 0 Å². The molecule has 0 radical (unpaired) electrons. The van der Waals surface area contributed by atoms with Crippen LogP contribution < -0.4 is 15.7 Å². The highest BCUT2D eigenvalue weighted by Gasteiger charge is 2.49. The molecule has 4 aromatic rings. The molecule has 8 rings (SSSR count). The van der Waals surface area contributed by atoms with Crippen molar-refractivity contribution in [2.24, 2.45) is 18.4 Å². The molecule has 69 heavy (non-hydrogen) atoms. The van der Waals surface area contributed by atoms with Crippen molar-refractivity contribution >= 4 is 34.3 Å². The fourth-order valence-corrected chi connectivity index (χ4v) is 11.1. The van der Waals surface area contributed by atoms with Gasteiger partial charge in [-0.3, -0.25) is 38.6 Å². The van der Waals surface area contributed by atoms with Crippen molar-refractivity contribution in [2.45, 2.75) is 115 Å². The molecule has 0 bridgehead atoms. The first-order valence-corrected chi connectivity index (χ1v) is 24.3. The van der Waals surface area contributed by atoms with E-state index in [1.165, 1.54) is 24.5 Å². The number of piperazine rings is 1.